The second kappa shape index (κ2) is 5.12. The number of hydrogen-bond donors (Lipinski definition) is 2. The van der Waals surface area contributed by atoms with Crippen molar-refractivity contribution >= 4 is 17.3 Å². The van der Waals surface area contributed by atoms with Crippen LogP contribution >= 0.6 is 0 Å². The van der Waals surface area contributed by atoms with Crippen molar-refractivity contribution in [3.63, 3.8) is 0 Å². The van der Waals surface area contributed by atoms with Gasteiger partial charge in [0.2, 0.25) is 0 Å². The van der Waals surface area contributed by atoms with Gasteiger partial charge < -0.3 is 15.0 Å². The SMILES string of the molecule is CNc1cn2ccnc2c(NCc2cnc(C)cn2)n1. The van der Waals surface area contributed by atoms with Crippen molar-refractivity contribution in [2.75, 3.05) is 17.7 Å². The van der Waals surface area contributed by atoms with Gasteiger partial charge in [-0.15, -0.1) is 0 Å². The molecule has 0 fully saturated rings. The zero-order valence-electron chi connectivity index (χ0n) is 11.3. The molecule has 3 rings (SSSR count). The van der Waals surface area contributed by atoms with Gasteiger partial charge >= 0.3 is 0 Å². The molecule has 0 aliphatic carbocycles. The largest absolute Gasteiger partial charge is 0.372 e. The summed E-state index contributed by atoms with van der Waals surface area (Å²) in [6, 6.07) is 0. The molecule has 0 saturated heterocycles. The van der Waals surface area contributed by atoms with E-state index in [4.69, 9.17) is 0 Å². The van der Waals surface area contributed by atoms with Crippen LogP contribution in [0.2, 0.25) is 0 Å². The molecule has 7 nitrogen and oxygen atoms in total. The van der Waals surface area contributed by atoms with Crippen LogP contribution in [0.1, 0.15) is 11.4 Å². The summed E-state index contributed by atoms with van der Waals surface area (Å²) in [7, 11) is 1.83. The van der Waals surface area contributed by atoms with Gasteiger partial charge in [-0.25, -0.2) is 9.97 Å². The van der Waals surface area contributed by atoms with Gasteiger partial charge in [0.15, 0.2) is 11.5 Å². The Balaban J connectivity index is 1.86. The van der Waals surface area contributed by atoms with Crippen molar-refractivity contribution in [1.82, 2.24) is 24.3 Å². The highest BCUT2D eigenvalue weighted by molar-refractivity contribution is 5.65. The zero-order valence-corrected chi connectivity index (χ0v) is 11.3. The predicted molar refractivity (Wildman–Crippen MR) is 76.6 cm³/mol. The molecular weight excluding hydrogens is 254 g/mol. The summed E-state index contributed by atoms with van der Waals surface area (Å²) in [6.07, 6.45) is 9.02. The molecule has 0 radical (unpaired) electrons. The molecule has 7 heteroatoms. The van der Waals surface area contributed by atoms with Gasteiger partial charge in [0.1, 0.15) is 5.82 Å². The van der Waals surface area contributed by atoms with E-state index in [1.807, 2.05) is 30.8 Å². The molecule has 0 bridgehead atoms. The molecule has 102 valence electrons. The molecule has 0 aliphatic heterocycles. The fourth-order valence-corrected chi connectivity index (χ4v) is 1.86. The average Bonchev–Trinajstić information content (AvgIpc) is 2.94. The van der Waals surface area contributed by atoms with Crippen LogP contribution < -0.4 is 10.6 Å². The third-order valence-corrected chi connectivity index (χ3v) is 2.90. The van der Waals surface area contributed by atoms with Gasteiger partial charge in [0, 0.05) is 25.6 Å². The Morgan fingerprint density at radius 1 is 1.20 bits per heavy atom. The maximum atomic E-state index is 4.47. The number of anilines is 2. The first kappa shape index (κ1) is 12.3. The molecule has 0 spiro atoms. The first-order valence-electron chi connectivity index (χ1n) is 6.29. The van der Waals surface area contributed by atoms with Crippen molar-refractivity contribution in [3.8, 4) is 0 Å². The van der Waals surface area contributed by atoms with E-state index in [0.29, 0.717) is 12.4 Å². The summed E-state index contributed by atoms with van der Waals surface area (Å²) in [4.78, 5) is 17.3. The highest BCUT2D eigenvalue weighted by Crippen LogP contribution is 2.16. The normalized spacial score (nSPS) is 10.7. The summed E-state index contributed by atoms with van der Waals surface area (Å²) in [5, 5.41) is 6.27. The molecule has 2 N–H and O–H groups in total. The number of imidazole rings is 1. The van der Waals surface area contributed by atoms with E-state index >= 15 is 0 Å². The zero-order chi connectivity index (χ0) is 13.9. The Hall–Kier alpha value is -2.70. The quantitative estimate of drug-likeness (QED) is 0.747. The topological polar surface area (TPSA) is 80.0 Å². The van der Waals surface area contributed by atoms with Gasteiger partial charge in [-0.3, -0.25) is 9.97 Å². The van der Waals surface area contributed by atoms with Crippen molar-refractivity contribution < 1.29 is 0 Å². The number of hydrogen-bond acceptors (Lipinski definition) is 6. The highest BCUT2D eigenvalue weighted by Gasteiger charge is 2.07. The predicted octanol–water partition coefficient (Wildman–Crippen LogP) is 1.48. The van der Waals surface area contributed by atoms with Gasteiger partial charge in [-0.1, -0.05) is 0 Å². The molecule has 0 saturated carbocycles. The number of aryl methyl sites for hydroxylation is 1. The number of nitrogens with zero attached hydrogens (tertiary/aromatic N) is 5. The molecule has 20 heavy (non-hydrogen) atoms. The minimum atomic E-state index is 0.552. The number of nitrogens with one attached hydrogen (secondary N) is 2. The van der Waals surface area contributed by atoms with E-state index in [1.54, 1.807) is 18.6 Å². The third-order valence-electron chi connectivity index (χ3n) is 2.90. The molecule has 0 atom stereocenters. The molecule has 3 heterocycles. The van der Waals surface area contributed by atoms with Gasteiger partial charge in [-0.05, 0) is 6.92 Å². The monoisotopic (exact) mass is 269 g/mol. The van der Waals surface area contributed by atoms with Crippen LogP contribution in [-0.4, -0.2) is 31.4 Å². The molecule has 3 aromatic rings. The first-order chi connectivity index (χ1) is 9.76. The van der Waals surface area contributed by atoms with Gasteiger partial charge in [-0.2, -0.15) is 0 Å². The van der Waals surface area contributed by atoms with E-state index in [2.05, 4.69) is 30.6 Å². The fraction of sp³-hybridized carbons (Fsp3) is 0.231. The molecule has 0 unspecified atom stereocenters. The first-order valence-corrected chi connectivity index (χ1v) is 6.29. The summed E-state index contributed by atoms with van der Waals surface area (Å²) in [5.74, 6) is 1.48. The number of rotatable bonds is 4. The lowest BCUT2D eigenvalue weighted by molar-refractivity contribution is 0.972. The summed E-state index contributed by atoms with van der Waals surface area (Å²) < 4.78 is 1.92. The average molecular weight is 269 g/mol. The Bertz CT molecular complexity index is 717. The molecule has 0 aromatic carbocycles. The number of aromatic nitrogens is 5. The maximum absolute atomic E-state index is 4.47. The van der Waals surface area contributed by atoms with Crippen LogP contribution in [0.15, 0.2) is 31.0 Å². The van der Waals surface area contributed by atoms with Crippen LogP contribution in [-0.2, 0) is 6.54 Å². The van der Waals surface area contributed by atoms with E-state index in [1.165, 1.54) is 0 Å². The van der Waals surface area contributed by atoms with Crippen molar-refractivity contribution in [2.45, 2.75) is 13.5 Å². The van der Waals surface area contributed by atoms with E-state index in [9.17, 15) is 0 Å². The fourth-order valence-electron chi connectivity index (χ4n) is 1.86. The minimum absolute atomic E-state index is 0.552. The molecule has 0 aliphatic rings. The second-order valence-corrected chi connectivity index (χ2v) is 4.39. The Morgan fingerprint density at radius 3 is 2.85 bits per heavy atom. The standard InChI is InChI=1S/C13H15N7/c1-9-5-17-10(6-16-9)7-18-12-13-15-3-4-20(13)8-11(14-2)19-12/h3-6,8,14H,7H2,1-2H3,(H,18,19). The summed E-state index contributed by atoms with van der Waals surface area (Å²) in [5.41, 5.74) is 2.54. The second-order valence-electron chi connectivity index (χ2n) is 4.39. The smallest absolute Gasteiger partial charge is 0.180 e. The maximum Gasteiger partial charge on any atom is 0.180 e. The third kappa shape index (κ3) is 2.37. The van der Waals surface area contributed by atoms with Crippen LogP contribution in [0.3, 0.4) is 0 Å². The van der Waals surface area contributed by atoms with Gasteiger partial charge in [0.25, 0.3) is 0 Å². The van der Waals surface area contributed by atoms with Crippen molar-refractivity contribution in [1.29, 1.82) is 0 Å². The minimum Gasteiger partial charge on any atom is -0.372 e. The van der Waals surface area contributed by atoms with Crippen LogP contribution in [0.4, 0.5) is 11.6 Å². The lowest BCUT2D eigenvalue weighted by atomic mass is 10.4. The van der Waals surface area contributed by atoms with Crippen molar-refractivity contribution in [2.24, 2.45) is 0 Å². The summed E-state index contributed by atoms with van der Waals surface area (Å²) >= 11 is 0. The lowest BCUT2D eigenvalue weighted by Gasteiger charge is -2.09. The van der Waals surface area contributed by atoms with Crippen LogP contribution in [0.5, 0.6) is 0 Å². The Morgan fingerprint density at radius 2 is 2.10 bits per heavy atom. The van der Waals surface area contributed by atoms with Crippen LogP contribution in [0.25, 0.3) is 5.65 Å². The van der Waals surface area contributed by atoms with Crippen LogP contribution in [0, 0.1) is 6.92 Å². The van der Waals surface area contributed by atoms with Gasteiger partial charge in [0.05, 0.1) is 30.3 Å². The molecular formula is C13H15N7. The van der Waals surface area contributed by atoms with E-state index in [-0.39, 0.29) is 0 Å². The van der Waals surface area contributed by atoms with Crippen molar-refractivity contribution in [3.05, 3.63) is 42.4 Å². The molecule has 3 aromatic heterocycles. The highest BCUT2D eigenvalue weighted by atomic mass is 15.1. The van der Waals surface area contributed by atoms with E-state index < -0.39 is 0 Å². The Labute approximate surface area is 116 Å². The lowest BCUT2D eigenvalue weighted by Crippen LogP contribution is -2.07. The van der Waals surface area contributed by atoms with E-state index in [0.717, 1.165) is 22.9 Å². The Kier molecular flexibility index (Phi) is 3.16. The summed E-state index contributed by atoms with van der Waals surface area (Å²) in [6.45, 7) is 2.46. The number of fused-ring (bicyclic) bond motifs is 1. The molecule has 0 amide bonds.